The van der Waals surface area contributed by atoms with Crippen LogP contribution >= 0.6 is 0 Å². The summed E-state index contributed by atoms with van der Waals surface area (Å²) in [5.74, 6) is 0.694. The quantitative estimate of drug-likeness (QED) is 0.619. The van der Waals surface area contributed by atoms with E-state index in [1.807, 2.05) is 25.9 Å². The smallest absolute Gasteiger partial charge is 0.243 e. The fourth-order valence-corrected chi connectivity index (χ4v) is 4.87. The summed E-state index contributed by atoms with van der Waals surface area (Å²) in [6, 6.07) is 7.06. The Kier molecular flexibility index (Phi) is 7.88. The molecule has 0 N–H and O–H groups in total. The van der Waals surface area contributed by atoms with E-state index in [1.54, 1.807) is 28.6 Å². The second-order valence-electron chi connectivity index (χ2n) is 7.00. The Labute approximate surface area is 158 Å². The molecule has 26 heavy (non-hydrogen) atoms. The number of nitrogens with zero attached hydrogens (tertiary/aromatic N) is 3. The fourth-order valence-electron chi connectivity index (χ4n) is 3.40. The molecule has 1 aliphatic rings. The first-order chi connectivity index (χ1) is 12.4. The van der Waals surface area contributed by atoms with Crippen molar-refractivity contribution in [2.24, 2.45) is 0 Å². The minimum absolute atomic E-state index is 0.305. The highest BCUT2D eigenvalue weighted by Crippen LogP contribution is 2.23. The zero-order chi connectivity index (χ0) is 19.2. The van der Waals surface area contributed by atoms with Gasteiger partial charge in [0.1, 0.15) is 5.75 Å². The molecule has 1 atom stereocenters. The van der Waals surface area contributed by atoms with Crippen molar-refractivity contribution in [3.63, 3.8) is 0 Å². The van der Waals surface area contributed by atoms with Gasteiger partial charge in [0.25, 0.3) is 0 Å². The van der Waals surface area contributed by atoms with Crippen molar-refractivity contribution >= 4 is 10.0 Å². The van der Waals surface area contributed by atoms with Crippen LogP contribution in [0.1, 0.15) is 26.7 Å². The van der Waals surface area contributed by atoms with Crippen LogP contribution in [0.5, 0.6) is 5.75 Å². The molecule has 2 rings (SSSR count). The zero-order valence-corrected chi connectivity index (χ0v) is 17.3. The molecule has 1 saturated heterocycles. The first kappa shape index (κ1) is 21.2. The zero-order valence-electron chi connectivity index (χ0n) is 16.5. The summed E-state index contributed by atoms with van der Waals surface area (Å²) in [6.45, 7) is 8.40. The Morgan fingerprint density at radius 1 is 1.15 bits per heavy atom. The topological polar surface area (TPSA) is 53.1 Å². The largest absolute Gasteiger partial charge is 0.494 e. The summed E-state index contributed by atoms with van der Waals surface area (Å²) in [4.78, 5) is 4.74. The summed E-state index contributed by atoms with van der Waals surface area (Å²) in [5, 5.41) is 0. The van der Waals surface area contributed by atoms with Crippen molar-refractivity contribution in [1.82, 2.24) is 14.1 Å². The molecule has 0 saturated carbocycles. The van der Waals surface area contributed by atoms with Gasteiger partial charge >= 0.3 is 0 Å². The van der Waals surface area contributed by atoms with Gasteiger partial charge in [-0.25, -0.2) is 8.42 Å². The second-order valence-corrected chi connectivity index (χ2v) is 8.93. The molecule has 1 aromatic carbocycles. The Hall–Kier alpha value is -1.15. The number of ether oxygens (including phenoxy) is 1. The number of hydrogen-bond acceptors (Lipinski definition) is 5. The molecular weight excluding hydrogens is 350 g/mol. The standard InChI is InChI=1S/C19H33N3O3S/c1-5-21-13-7-8-17(21)16-22(15-14-20(3)4)26(23,24)19-11-9-18(10-12-19)25-6-2/h9-12,17H,5-8,13-16H2,1-4H3. The number of benzene rings is 1. The second kappa shape index (κ2) is 9.69. The molecule has 148 valence electrons. The SMILES string of the molecule is CCOc1ccc(S(=O)(=O)N(CCN(C)C)CC2CCCN2CC)cc1. The number of likely N-dealkylation sites (N-methyl/N-ethyl adjacent to an activating group) is 2. The third-order valence-corrected chi connectivity index (χ3v) is 6.77. The van der Waals surface area contributed by atoms with Gasteiger partial charge in [-0.3, -0.25) is 4.90 Å². The lowest BCUT2D eigenvalue weighted by atomic mass is 10.2. The molecule has 0 spiro atoms. The van der Waals surface area contributed by atoms with Crippen LogP contribution in [0, 0.1) is 0 Å². The number of sulfonamides is 1. The summed E-state index contributed by atoms with van der Waals surface area (Å²) in [5.41, 5.74) is 0. The molecule has 0 amide bonds. The van der Waals surface area contributed by atoms with Crippen LogP contribution in [-0.2, 0) is 10.0 Å². The van der Waals surface area contributed by atoms with Gasteiger partial charge in [-0.05, 0) is 71.2 Å². The van der Waals surface area contributed by atoms with Crippen molar-refractivity contribution in [1.29, 1.82) is 0 Å². The summed E-state index contributed by atoms with van der Waals surface area (Å²) in [7, 11) is 0.413. The number of rotatable bonds is 10. The van der Waals surface area contributed by atoms with E-state index in [0.717, 1.165) is 25.9 Å². The monoisotopic (exact) mass is 383 g/mol. The first-order valence-electron chi connectivity index (χ1n) is 9.50. The Bertz CT molecular complexity index is 646. The van der Waals surface area contributed by atoms with E-state index in [1.165, 1.54) is 0 Å². The van der Waals surface area contributed by atoms with Crippen molar-refractivity contribution in [3.05, 3.63) is 24.3 Å². The maximum atomic E-state index is 13.2. The minimum atomic E-state index is -3.52. The van der Waals surface area contributed by atoms with Gasteiger partial charge in [0.05, 0.1) is 11.5 Å². The summed E-state index contributed by atoms with van der Waals surface area (Å²) in [6.07, 6.45) is 2.20. The Morgan fingerprint density at radius 2 is 1.85 bits per heavy atom. The van der Waals surface area contributed by atoms with Gasteiger partial charge in [0.15, 0.2) is 0 Å². The summed E-state index contributed by atoms with van der Waals surface area (Å²) < 4.78 is 33.6. The van der Waals surface area contributed by atoms with Crippen molar-refractivity contribution in [2.75, 3.05) is 53.4 Å². The molecule has 1 aliphatic heterocycles. The predicted octanol–water partition coefficient (Wildman–Crippen LogP) is 2.12. The van der Waals surface area contributed by atoms with E-state index >= 15 is 0 Å². The lowest BCUT2D eigenvalue weighted by Crippen LogP contribution is -2.45. The third kappa shape index (κ3) is 5.42. The molecule has 0 aromatic heterocycles. The van der Waals surface area contributed by atoms with Crippen LogP contribution in [0.25, 0.3) is 0 Å². The third-order valence-electron chi connectivity index (χ3n) is 4.89. The molecule has 7 heteroatoms. The van der Waals surface area contributed by atoms with E-state index in [9.17, 15) is 8.42 Å². The molecule has 1 aromatic rings. The van der Waals surface area contributed by atoms with Gasteiger partial charge in [-0.2, -0.15) is 4.31 Å². The average molecular weight is 384 g/mol. The van der Waals surface area contributed by atoms with Crippen LogP contribution in [-0.4, -0.2) is 82.0 Å². The van der Waals surface area contributed by atoms with Gasteiger partial charge in [-0.15, -0.1) is 0 Å². The highest BCUT2D eigenvalue weighted by atomic mass is 32.2. The maximum Gasteiger partial charge on any atom is 0.243 e. The predicted molar refractivity (Wildman–Crippen MR) is 105 cm³/mol. The minimum Gasteiger partial charge on any atom is -0.494 e. The van der Waals surface area contributed by atoms with Crippen molar-refractivity contribution in [3.8, 4) is 5.75 Å². The number of likely N-dealkylation sites (tertiary alicyclic amines) is 1. The van der Waals surface area contributed by atoms with Crippen LogP contribution < -0.4 is 4.74 Å². The van der Waals surface area contributed by atoms with Crippen LogP contribution in [0.4, 0.5) is 0 Å². The molecule has 0 aliphatic carbocycles. The first-order valence-corrected chi connectivity index (χ1v) is 10.9. The molecule has 6 nitrogen and oxygen atoms in total. The van der Waals surface area contributed by atoms with E-state index in [2.05, 4.69) is 11.8 Å². The average Bonchev–Trinajstić information content (AvgIpc) is 3.06. The van der Waals surface area contributed by atoms with Crippen LogP contribution in [0.2, 0.25) is 0 Å². The molecular formula is C19H33N3O3S. The number of hydrogen-bond donors (Lipinski definition) is 0. The van der Waals surface area contributed by atoms with Gasteiger partial charge < -0.3 is 9.64 Å². The fraction of sp³-hybridized carbons (Fsp3) is 0.684. The van der Waals surface area contributed by atoms with E-state index in [0.29, 0.717) is 42.9 Å². The highest BCUT2D eigenvalue weighted by molar-refractivity contribution is 7.89. The summed E-state index contributed by atoms with van der Waals surface area (Å²) >= 11 is 0. The molecule has 1 fully saturated rings. The maximum absolute atomic E-state index is 13.2. The Balaban J connectivity index is 2.20. The van der Waals surface area contributed by atoms with Crippen LogP contribution in [0.3, 0.4) is 0 Å². The van der Waals surface area contributed by atoms with E-state index in [4.69, 9.17) is 4.74 Å². The lowest BCUT2D eigenvalue weighted by molar-refractivity contribution is 0.220. The lowest BCUT2D eigenvalue weighted by Gasteiger charge is -2.30. The Morgan fingerprint density at radius 3 is 2.42 bits per heavy atom. The van der Waals surface area contributed by atoms with E-state index in [-0.39, 0.29) is 0 Å². The van der Waals surface area contributed by atoms with Gasteiger partial charge in [0.2, 0.25) is 10.0 Å². The molecule has 0 radical (unpaired) electrons. The van der Waals surface area contributed by atoms with E-state index < -0.39 is 10.0 Å². The van der Waals surface area contributed by atoms with Crippen molar-refractivity contribution in [2.45, 2.75) is 37.6 Å². The molecule has 1 heterocycles. The van der Waals surface area contributed by atoms with Crippen LogP contribution in [0.15, 0.2) is 29.2 Å². The highest BCUT2D eigenvalue weighted by Gasteiger charge is 2.31. The van der Waals surface area contributed by atoms with Gasteiger partial charge in [0, 0.05) is 25.7 Å². The van der Waals surface area contributed by atoms with Gasteiger partial charge in [-0.1, -0.05) is 6.92 Å². The molecule has 1 unspecified atom stereocenters. The molecule has 0 bridgehead atoms. The van der Waals surface area contributed by atoms with Crippen molar-refractivity contribution < 1.29 is 13.2 Å². The normalized spacial score (nSPS) is 18.8.